The Morgan fingerprint density at radius 2 is 1.83 bits per heavy atom. The number of nitrogens with one attached hydrogen (secondary N) is 1. The fraction of sp³-hybridized carbons (Fsp3) is 0.150. The van der Waals surface area contributed by atoms with Crippen molar-refractivity contribution in [2.24, 2.45) is 0 Å². The molecule has 6 nitrogen and oxygen atoms in total. The summed E-state index contributed by atoms with van der Waals surface area (Å²) in [5.41, 5.74) is -2.97. The Morgan fingerprint density at radius 1 is 1.10 bits per heavy atom. The van der Waals surface area contributed by atoms with Gasteiger partial charge in [-0.3, -0.25) is 9.69 Å². The number of halogens is 4. The third kappa shape index (κ3) is 3.21. The van der Waals surface area contributed by atoms with Crippen LogP contribution in [0.25, 0.3) is 11.3 Å². The van der Waals surface area contributed by atoms with Gasteiger partial charge >= 0.3 is 12.2 Å². The van der Waals surface area contributed by atoms with Crippen molar-refractivity contribution in [3.05, 3.63) is 77.3 Å². The highest BCUT2D eigenvalue weighted by Gasteiger charge is 2.68. The zero-order chi connectivity index (χ0) is 21.5. The van der Waals surface area contributed by atoms with Crippen molar-refractivity contribution < 1.29 is 27.2 Å². The van der Waals surface area contributed by atoms with Crippen LogP contribution < -0.4 is 5.32 Å². The van der Waals surface area contributed by atoms with Gasteiger partial charge in [-0.25, -0.2) is 9.78 Å². The maximum absolute atomic E-state index is 14.0. The Kier molecular flexibility index (Phi) is 4.77. The number of hydrogen-bond donors (Lipinski definition) is 1. The summed E-state index contributed by atoms with van der Waals surface area (Å²) in [7, 11) is 0. The first-order valence-electron chi connectivity index (χ1n) is 8.69. The molecule has 0 aliphatic carbocycles. The highest BCUT2D eigenvalue weighted by molar-refractivity contribution is 6.30. The average Bonchev–Trinajstić information content (AvgIpc) is 3.27. The van der Waals surface area contributed by atoms with E-state index in [2.05, 4.69) is 4.98 Å². The number of aromatic nitrogens is 1. The molecule has 0 radical (unpaired) electrons. The van der Waals surface area contributed by atoms with Gasteiger partial charge in [0.25, 0.3) is 5.91 Å². The van der Waals surface area contributed by atoms with Crippen LogP contribution in [0.4, 0.5) is 18.0 Å². The van der Waals surface area contributed by atoms with Gasteiger partial charge in [-0.1, -0.05) is 54.1 Å². The van der Waals surface area contributed by atoms with Crippen molar-refractivity contribution in [1.29, 1.82) is 0 Å². The predicted octanol–water partition coefficient (Wildman–Crippen LogP) is 4.50. The number of nitrogens with zero attached hydrogens (tertiary/aromatic N) is 2. The van der Waals surface area contributed by atoms with Crippen LogP contribution >= 0.6 is 11.6 Å². The van der Waals surface area contributed by atoms with Crippen molar-refractivity contribution in [2.45, 2.75) is 18.3 Å². The van der Waals surface area contributed by atoms with Crippen LogP contribution in [0, 0.1) is 0 Å². The molecule has 1 aliphatic heterocycles. The summed E-state index contributed by atoms with van der Waals surface area (Å²) in [6.45, 7) is -0.560. The SMILES string of the molecule is O=C1NC(c2ccccc2)(C(F)(F)F)C(=O)N1Cc1ncc(-c2cccc(Cl)c2)o1. The lowest BCUT2D eigenvalue weighted by Gasteiger charge is -2.29. The molecule has 30 heavy (non-hydrogen) atoms. The molecule has 3 amide bonds. The van der Waals surface area contributed by atoms with Crippen LogP contribution in [0.15, 0.2) is 65.2 Å². The Balaban J connectivity index is 1.65. The minimum absolute atomic E-state index is 0.0977. The van der Waals surface area contributed by atoms with Gasteiger partial charge < -0.3 is 9.73 Å². The van der Waals surface area contributed by atoms with Gasteiger partial charge in [-0.05, 0) is 17.7 Å². The Labute approximate surface area is 173 Å². The molecule has 4 rings (SSSR count). The molecule has 1 fully saturated rings. The molecule has 0 saturated carbocycles. The quantitative estimate of drug-likeness (QED) is 0.612. The number of benzene rings is 2. The first-order chi connectivity index (χ1) is 14.2. The second-order valence-electron chi connectivity index (χ2n) is 6.56. The number of amides is 3. The van der Waals surface area contributed by atoms with Gasteiger partial charge in [0.2, 0.25) is 11.4 Å². The number of urea groups is 1. The van der Waals surface area contributed by atoms with Gasteiger partial charge in [-0.2, -0.15) is 13.2 Å². The normalized spacial score (nSPS) is 19.3. The monoisotopic (exact) mass is 435 g/mol. The van der Waals surface area contributed by atoms with Gasteiger partial charge in [0.1, 0.15) is 6.54 Å². The van der Waals surface area contributed by atoms with Crippen molar-refractivity contribution in [3.8, 4) is 11.3 Å². The molecule has 1 saturated heterocycles. The molecule has 3 aromatic rings. The number of alkyl halides is 3. The highest BCUT2D eigenvalue weighted by Crippen LogP contribution is 2.43. The summed E-state index contributed by atoms with van der Waals surface area (Å²) < 4.78 is 47.5. The number of carbonyl (C=O) groups is 2. The molecule has 1 atom stereocenters. The van der Waals surface area contributed by atoms with E-state index in [-0.39, 0.29) is 11.5 Å². The zero-order valence-corrected chi connectivity index (χ0v) is 15.9. The van der Waals surface area contributed by atoms with Gasteiger partial charge in [0.15, 0.2) is 5.76 Å². The molecule has 2 aromatic carbocycles. The van der Waals surface area contributed by atoms with E-state index in [4.69, 9.17) is 16.0 Å². The van der Waals surface area contributed by atoms with E-state index >= 15 is 0 Å². The van der Waals surface area contributed by atoms with Gasteiger partial charge in [0.05, 0.1) is 6.20 Å². The van der Waals surface area contributed by atoms with Crippen LogP contribution in [0.3, 0.4) is 0 Å². The minimum atomic E-state index is -5.06. The molecule has 1 N–H and O–H groups in total. The van der Waals surface area contributed by atoms with Crippen molar-refractivity contribution >= 4 is 23.5 Å². The maximum atomic E-state index is 14.0. The van der Waals surface area contributed by atoms with Crippen LogP contribution in [0.1, 0.15) is 11.5 Å². The summed E-state index contributed by atoms with van der Waals surface area (Å²) >= 11 is 5.94. The van der Waals surface area contributed by atoms with E-state index in [1.54, 1.807) is 24.3 Å². The summed E-state index contributed by atoms with van der Waals surface area (Å²) in [6.07, 6.45) is -3.72. The highest BCUT2D eigenvalue weighted by atomic mass is 35.5. The fourth-order valence-corrected chi connectivity index (χ4v) is 3.44. The summed E-state index contributed by atoms with van der Waals surface area (Å²) in [6, 6.07) is 12.0. The molecule has 10 heteroatoms. The lowest BCUT2D eigenvalue weighted by Crippen LogP contribution is -2.55. The first kappa shape index (κ1) is 20.0. The largest absolute Gasteiger partial charge is 0.439 e. The molecule has 0 spiro atoms. The smallest absolute Gasteiger partial charge is 0.425 e. The molecular formula is C20H13ClF3N3O3. The minimum Gasteiger partial charge on any atom is -0.439 e. The van der Waals surface area contributed by atoms with Crippen LogP contribution in [-0.2, 0) is 16.9 Å². The second kappa shape index (κ2) is 7.17. The van der Waals surface area contributed by atoms with Crippen molar-refractivity contribution in [2.75, 3.05) is 0 Å². The molecular weight excluding hydrogens is 423 g/mol. The zero-order valence-electron chi connectivity index (χ0n) is 15.1. The van der Waals surface area contributed by atoms with Crippen molar-refractivity contribution in [3.63, 3.8) is 0 Å². The molecule has 1 aliphatic rings. The molecule has 2 heterocycles. The summed E-state index contributed by atoms with van der Waals surface area (Å²) in [5, 5.41) is 2.27. The number of rotatable bonds is 4. The number of hydrogen-bond acceptors (Lipinski definition) is 4. The number of oxazole rings is 1. The Morgan fingerprint density at radius 3 is 2.50 bits per heavy atom. The lowest BCUT2D eigenvalue weighted by atomic mass is 9.89. The van der Waals surface area contributed by atoms with E-state index in [0.29, 0.717) is 21.2 Å². The van der Waals surface area contributed by atoms with Crippen LogP contribution in [0.5, 0.6) is 0 Å². The standard InChI is InChI=1S/C20H13ClF3N3O3/c21-14-8-4-5-12(9-14)15-10-25-16(30-15)11-27-17(28)19(20(22,23)24,26-18(27)29)13-6-2-1-3-7-13/h1-10H,11H2,(H,26,29). The van der Waals surface area contributed by atoms with E-state index < -0.39 is 30.2 Å². The van der Waals surface area contributed by atoms with E-state index in [9.17, 15) is 22.8 Å². The predicted molar refractivity (Wildman–Crippen MR) is 100 cm³/mol. The first-order valence-corrected chi connectivity index (χ1v) is 9.07. The fourth-order valence-electron chi connectivity index (χ4n) is 3.25. The molecule has 1 aromatic heterocycles. The third-order valence-corrected chi connectivity index (χ3v) is 4.93. The van der Waals surface area contributed by atoms with Crippen LogP contribution in [0.2, 0.25) is 5.02 Å². The second-order valence-corrected chi connectivity index (χ2v) is 7.00. The molecule has 154 valence electrons. The summed E-state index contributed by atoms with van der Waals surface area (Å²) in [4.78, 5) is 29.6. The average molecular weight is 436 g/mol. The lowest BCUT2D eigenvalue weighted by molar-refractivity contribution is -0.198. The van der Waals surface area contributed by atoms with E-state index in [1.165, 1.54) is 24.4 Å². The van der Waals surface area contributed by atoms with Gasteiger partial charge in [0, 0.05) is 10.6 Å². The van der Waals surface area contributed by atoms with E-state index in [1.807, 2.05) is 5.32 Å². The third-order valence-electron chi connectivity index (χ3n) is 4.69. The van der Waals surface area contributed by atoms with Gasteiger partial charge in [-0.15, -0.1) is 0 Å². The molecule has 0 bridgehead atoms. The Bertz CT molecular complexity index is 1120. The number of carbonyl (C=O) groups excluding carboxylic acids is 2. The van der Waals surface area contributed by atoms with Crippen LogP contribution in [-0.4, -0.2) is 28.0 Å². The topological polar surface area (TPSA) is 75.4 Å². The summed E-state index contributed by atoms with van der Waals surface area (Å²) in [5.74, 6) is -1.25. The Hall–Kier alpha value is -3.33. The number of imide groups is 1. The van der Waals surface area contributed by atoms with Crippen molar-refractivity contribution in [1.82, 2.24) is 15.2 Å². The maximum Gasteiger partial charge on any atom is 0.425 e. The molecule has 1 unspecified atom stereocenters. The van der Waals surface area contributed by atoms with E-state index in [0.717, 1.165) is 12.1 Å².